The van der Waals surface area contributed by atoms with Crippen LogP contribution in [0.2, 0.25) is 0 Å². The fourth-order valence-corrected chi connectivity index (χ4v) is 2.54. The lowest BCUT2D eigenvalue weighted by molar-refractivity contribution is 0.481. The van der Waals surface area contributed by atoms with Crippen LogP contribution < -0.4 is 10.6 Å². The average molecular weight is 298 g/mol. The molecular formula is C18H22N2S. The van der Waals surface area contributed by atoms with Crippen molar-refractivity contribution in [1.82, 2.24) is 5.32 Å². The van der Waals surface area contributed by atoms with Crippen LogP contribution >= 0.6 is 12.2 Å². The maximum atomic E-state index is 5.44. The number of rotatable bonds is 5. The van der Waals surface area contributed by atoms with Gasteiger partial charge in [0.1, 0.15) is 0 Å². The number of anilines is 1. The van der Waals surface area contributed by atoms with E-state index in [1.807, 2.05) is 36.4 Å². The summed E-state index contributed by atoms with van der Waals surface area (Å²) in [5, 5.41) is 7.33. The Labute approximate surface area is 132 Å². The van der Waals surface area contributed by atoms with Gasteiger partial charge < -0.3 is 10.6 Å². The summed E-state index contributed by atoms with van der Waals surface area (Å²) in [5.41, 5.74) is 2.27. The van der Waals surface area contributed by atoms with Crippen molar-refractivity contribution < 1.29 is 0 Å². The van der Waals surface area contributed by atoms with Crippen LogP contribution in [-0.2, 0) is 0 Å². The van der Waals surface area contributed by atoms with Crippen LogP contribution in [0.4, 0.5) is 5.69 Å². The summed E-state index contributed by atoms with van der Waals surface area (Å²) in [6, 6.07) is 20.7. The van der Waals surface area contributed by atoms with Crippen LogP contribution in [0.5, 0.6) is 0 Å². The first-order valence-corrected chi connectivity index (χ1v) is 7.73. The second-order valence-electron chi connectivity index (χ2n) is 5.56. The minimum Gasteiger partial charge on any atom is -0.356 e. The van der Waals surface area contributed by atoms with Gasteiger partial charge in [-0.15, -0.1) is 0 Å². The SMILES string of the molecule is CC(C)C[C@@H](NC(=S)Nc1ccccc1)c1ccccc1. The molecule has 0 saturated heterocycles. The van der Waals surface area contributed by atoms with Gasteiger partial charge in [-0.2, -0.15) is 0 Å². The molecule has 0 saturated carbocycles. The van der Waals surface area contributed by atoms with E-state index in [0.29, 0.717) is 11.0 Å². The third-order valence-corrected chi connectivity index (χ3v) is 3.47. The molecule has 2 aromatic rings. The first-order chi connectivity index (χ1) is 10.1. The summed E-state index contributed by atoms with van der Waals surface area (Å²) in [4.78, 5) is 0. The molecular weight excluding hydrogens is 276 g/mol. The summed E-state index contributed by atoms with van der Waals surface area (Å²) < 4.78 is 0. The van der Waals surface area contributed by atoms with Crippen molar-refractivity contribution in [2.75, 3.05) is 5.32 Å². The van der Waals surface area contributed by atoms with E-state index < -0.39 is 0 Å². The van der Waals surface area contributed by atoms with Crippen LogP contribution in [-0.4, -0.2) is 5.11 Å². The lowest BCUT2D eigenvalue weighted by atomic mass is 9.97. The van der Waals surface area contributed by atoms with E-state index in [0.717, 1.165) is 12.1 Å². The average Bonchev–Trinajstić information content (AvgIpc) is 2.48. The molecule has 0 bridgehead atoms. The predicted molar refractivity (Wildman–Crippen MR) is 94.4 cm³/mol. The third kappa shape index (κ3) is 5.20. The molecule has 0 aliphatic rings. The van der Waals surface area contributed by atoms with Crippen molar-refractivity contribution in [3.8, 4) is 0 Å². The van der Waals surface area contributed by atoms with Crippen LogP contribution in [0.3, 0.4) is 0 Å². The molecule has 0 unspecified atom stereocenters. The fourth-order valence-electron chi connectivity index (χ4n) is 2.28. The number of hydrogen-bond acceptors (Lipinski definition) is 1. The summed E-state index contributed by atoms with van der Waals surface area (Å²) in [5.74, 6) is 0.599. The first-order valence-electron chi connectivity index (χ1n) is 7.32. The summed E-state index contributed by atoms with van der Waals surface area (Å²) >= 11 is 5.44. The minimum atomic E-state index is 0.231. The zero-order valence-corrected chi connectivity index (χ0v) is 13.4. The lowest BCUT2D eigenvalue weighted by Gasteiger charge is -2.23. The second-order valence-corrected chi connectivity index (χ2v) is 5.97. The molecule has 1 atom stereocenters. The molecule has 0 aromatic heterocycles. The third-order valence-electron chi connectivity index (χ3n) is 3.25. The van der Waals surface area contributed by atoms with Crippen molar-refractivity contribution in [2.24, 2.45) is 5.92 Å². The van der Waals surface area contributed by atoms with E-state index in [1.165, 1.54) is 5.56 Å². The highest BCUT2D eigenvalue weighted by atomic mass is 32.1. The van der Waals surface area contributed by atoms with Gasteiger partial charge in [0, 0.05) is 5.69 Å². The van der Waals surface area contributed by atoms with Crippen molar-refractivity contribution >= 4 is 23.0 Å². The molecule has 0 aliphatic carbocycles. The number of para-hydroxylation sites is 1. The zero-order chi connectivity index (χ0) is 15.1. The molecule has 2 aromatic carbocycles. The van der Waals surface area contributed by atoms with Crippen molar-refractivity contribution in [1.29, 1.82) is 0 Å². The Kier molecular flexibility index (Phi) is 5.76. The number of nitrogens with one attached hydrogen (secondary N) is 2. The van der Waals surface area contributed by atoms with E-state index in [-0.39, 0.29) is 6.04 Å². The highest BCUT2D eigenvalue weighted by Crippen LogP contribution is 2.21. The molecule has 2 N–H and O–H groups in total. The molecule has 0 aliphatic heterocycles. The molecule has 0 radical (unpaired) electrons. The maximum Gasteiger partial charge on any atom is 0.171 e. The van der Waals surface area contributed by atoms with E-state index in [2.05, 4.69) is 48.7 Å². The lowest BCUT2D eigenvalue weighted by Crippen LogP contribution is -2.33. The van der Waals surface area contributed by atoms with Gasteiger partial charge in [0.05, 0.1) is 6.04 Å². The molecule has 2 nitrogen and oxygen atoms in total. The highest BCUT2D eigenvalue weighted by Gasteiger charge is 2.14. The topological polar surface area (TPSA) is 24.1 Å². The molecule has 0 heterocycles. The Bertz CT molecular complexity index is 552. The first kappa shape index (κ1) is 15.5. The molecule has 0 fully saturated rings. The molecule has 110 valence electrons. The van der Waals surface area contributed by atoms with Gasteiger partial charge >= 0.3 is 0 Å². The summed E-state index contributed by atoms with van der Waals surface area (Å²) in [6.07, 6.45) is 1.04. The Morgan fingerprint density at radius 3 is 2.10 bits per heavy atom. The van der Waals surface area contributed by atoms with Gasteiger partial charge in [-0.3, -0.25) is 0 Å². The highest BCUT2D eigenvalue weighted by molar-refractivity contribution is 7.80. The summed E-state index contributed by atoms with van der Waals surface area (Å²) in [7, 11) is 0. The summed E-state index contributed by atoms with van der Waals surface area (Å²) in [6.45, 7) is 4.45. The van der Waals surface area contributed by atoms with E-state index in [1.54, 1.807) is 0 Å². The number of benzene rings is 2. The largest absolute Gasteiger partial charge is 0.356 e. The normalized spacial score (nSPS) is 12.0. The smallest absolute Gasteiger partial charge is 0.171 e. The minimum absolute atomic E-state index is 0.231. The number of thiocarbonyl (C=S) groups is 1. The molecule has 0 amide bonds. The zero-order valence-electron chi connectivity index (χ0n) is 12.5. The Morgan fingerprint density at radius 1 is 0.952 bits per heavy atom. The van der Waals surface area contributed by atoms with Crippen LogP contribution in [0.1, 0.15) is 31.9 Å². The van der Waals surface area contributed by atoms with Crippen LogP contribution in [0.25, 0.3) is 0 Å². The second kappa shape index (κ2) is 7.79. The monoisotopic (exact) mass is 298 g/mol. The van der Waals surface area contributed by atoms with E-state index >= 15 is 0 Å². The molecule has 21 heavy (non-hydrogen) atoms. The van der Waals surface area contributed by atoms with Crippen molar-refractivity contribution in [3.63, 3.8) is 0 Å². The standard InChI is InChI=1S/C18H22N2S/c1-14(2)13-17(15-9-5-3-6-10-15)20-18(21)19-16-11-7-4-8-12-16/h3-12,14,17H,13H2,1-2H3,(H2,19,20,21)/t17-/m1/s1. The van der Waals surface area contributed by atoms with Crippen molar-refractivity contribution in [2.45, 2.75) is 26.3 Å². The van der Waals surface area contributed by atoms with Gasteiger partial charge in [0.25, 0.3) is 0 Å². The van der Waals surface area contributed by atoms with E-state index in [4.69, 9.17) is 12.2 Å². The number of hydrogen-bond donors (Lipinski definition) is 2. The van der Waals surface area contributed by atoms with E-state index in [9.17, 15) is 0 Å². The van der Waals surface area contributed by atoms with Gasteiger partial charge in [0.2, 0.25) is 0 Å². The Hall–Kier alpha value is -1.87. The van der Waals surface area contributed by atoms with Crippen LogP contribution in [0, 0.1) is 5.92 Å². The molecule has 0 spiro atoms. The predicted octanol–water partition coefficient (Wildman–Crippen LogP) is 4.76. The Morgan fingerprint density at radius 2 is 1.52 bits per heavy atom. The van der Waals surface area contributed by atoms with Crippen LogP contribution in [0.15, 0.2) is 60.7 Å². The van der Waals surface area contributed by atoms with Gasteiger partial charge in [-0.25, -0.2) is 0 Å². The van der Waals surface area contributed by atoms with Gasteiger partial charge in [-0.05, 0) is 42.3 Å². The molecule has 2 rings (SSSR count). The molecule has 3 heteroatoms. The quantitative estimate of drug-likeness (QED) is 0.778. The Balaban J connectivity index is 2.03. The van der Waals surface area contributed by atoms with Gasteiger partial charge in [-0.1, -0.05) is 62.4 Å². The van der Waals surface area contributed by atoms with Crippen molar-refractivity contribution in [3.05, 3.63) is 66.2 Å². The maximum absolute atomic E-state index is 5.44. The fraction of sp³-hybridized carbons (Fsp3) is 0.278. The van der Waals surface area contributed by atoms with Gasteiger partial charge in [0.15, 0.2) is 5.11 Å².